The molecule has 104 valence electrons. The maximum Gasteiger partial charge on any atom is 0.228 e. The minimum atomic E-state index is -0.280. The van der Waals surface area contributed by atoms with Gasteiger partial charge in [0.05, 0.1) is 0 Å². The Hall–Kier alpha value is -1.03. The molecule has 4 heteroatoms. The lowest BCUT2D eigenvalue weighted by atomic mass is 9.94. The summed E-state index contributed by atoms with van der Waals surface area (Å²) >= 11 is 3.50. The van der Waals surface area contributed by atoms with Gasteiger partial charge in [-0.2, -0.15) is 0 Å². The van der Waals surface area contributed by atoms with Crippen LogP contribution in [-0.4, -0.2) is 37.0 Å². The first-order valence-electron chi connectivity index (χ1n) is 6.68. The molecule has 1 heterocycles. The molecule has 0 radical (unpaired) electrons. The van der Waals surface area contributed by atoms with Gasteiger partial charge in [0.1, 0.15) is 0 Å². The molecule has 3 nitrogen and oxygen atoms in total. The molecule has 1 fully saturated rings. The van der Waals surface area contributed by atoms with Gasteiger partial charge in [-0.1, -0.05) is 42.8 Å². The number of benzene rings is 1. The van der Waals surface area contributed by atoms with Gasteiger partial charge in [0.15, 0.2) is 0 Å². The Labute approximate surface area is 123 Å². The Bertz CT molecular complexity index is 459. The maximum atomic E-state index is 12.2. The van der Waals surface area contributed by atoms with Crippen LogP contribution >= 0.6 is 15.9 Å². The van der Waals surface area contributed by atoms with E-state index in [1.165, 1.54) is 5.69 Å². The lowest BCUT2D eigenvalue weighted by Gasteiger charge is -2.38. The number of amides is 1. The van der Waals surface area contributed by atoms with E-state index < -0.39 is 0 Å². The van der Waals surface area contributed by atoms with Crippen molar-refractivity contribution in [2.24, 2.45) is 5.41 Å². The van der Waals surface area contributed by atoms with Crippen molar-refractivity contribution in [1.82, 2.24) is 4.90 Å². The summed E-state index contributed by atoms with van der Waals surface area (Å²) in [5.41, 5.74) is 0.940. The maximum absolute atomic E-state index is 12.2. The molecule has 1 aromatic rings. The second-order valence-corrected chi connectivity index (χ2v) is 6.92. The second kappa shape index (κ2) is 5.53. The summed E-state index contributed by atoms with van der Waals surface area (Å²) in [4.78, 5) is 16.5. The summed E-state index contributed by atoms with van der Waals surface area (Å²) in [6.07, 6.45) is 0. The van der Waals surface area contributed by atoms with Crippen LogP contribution in [0.1, 0.15) is 20.8 Å². The molecule has 0 spiro atoms. The molecule has 0 unspecified atom stereocenters. The Morgan fingerprint density at radius 3 is 2.32 bits per heavy atom. The predicted molar refractivity (Wildman–Crippen MR) is 82.4 cm³/mol. The van der Waals surface area contributed by atoms with Gasteiger partial charge >= 0.3 is 0 Å². The second-order valence-electron chi connectivity index (χ2n) is 6.01. The van der Waals surface area contributed by atoms with E-state index in [0.717, 1.165) is 30.7 Å². The fraction of sp³-hybridized carbons (Fsp3) is 0.533. The lowest BCUT2D eigenvalue weighted by molar-refractivity contribution is -0.139. The van der Waals surface area contributed by atoms with Crippen LogP contribution < -0.4 is 4.90 Å². The van der Waals surface area contributed by atoms with Crippen LogP contribution in [0.25, 0.3) is 0 Å². The molecule has 0 saturated carbocycles. The normalized spacial score (nSPS) is 16.6. The van der Waals surface area contributed by atoms with E-state index in [0.29, 0.717) is 0 Å². The summed E-state index contributed by atoms with van der Waals surface area (Å²) in [5, 5.41) is 0. The van der Waals surface area contributed by atoms with Crippen LogP contribution in [0.2, 0.25) is 0 Å². The van der Waals surface area contributed by atoms with Crippen molar-refractivity contribution in [1.29, 1.82) is 0 Å². The Morgan fingerprint density at radius 2 is 1.79 bits per heavy atom. The SMILES string of the molecule is CC(C)(C)C(=O)N1CCN(c2cccc(Br)c2)CC1. The van der Waals surface area contributed by atoms with Crippen LogP contribution in [0, 0.1) is 5.41 Å². The first-order chi connectivity index (χ1) is 8.88. The van der Waals surface area contributed by atoms with Crippen molar-refractivity contribution in [3.05, 3.63) is 28.7 Å². The van der Waals surface area contributed by atoms with Gasteiger partial charge in [-0.25, -0.2) is 0 Å². The van der Waals surface area contributed by atoms with E-state index in [4.69, 9.17) is 0 Å². The molecule has 19 heavy (non-hydrogen) atoms. The molecule has 0 aromatic heterocycles. The third-order valence-corrected chi connectivity index (χ3v) is 3.88. The van der Waals surface area contributed by atoms with Crippen molar-refractivity contribution >= 4 is 27.5 Å². The van der Waals surface area contributed by atoms with Gasteiger partial charge in [-0.15, -0.1) is 0 Å². The first kappa shape index (κ1) is 14.4. The molecular formula is C15H21BrN2O. The summed E-state index contributed by atoms with van der Waals surface area (Å²) in [5.74, 6) is 0.251. The lowest BCUT2D eigenvalue weighted by Crippen LogP contribution is -2.51. The fourth-order valence-electron chi connectivity index (χ4n) is 2.31. The number of anilines is 1. The van der Waals surface area contributed by atoms with Crippen molar-refractivity contribution in [2.75, 3.05) is 31.1 Å². The van der Waals surface area contributed by atoms with Crippen LogP contribution in [0.4, 0.5) is 5.69 Å². The minimum absolute atomic E-state index is 0.251. The van der Waals surface area contributed by atoms with Crippen molar-refractivity contribution in [2.45, 2.75) is 20.8 Å². The molecule has 1 amide bonds. The van der Waals surface area contributed by atoms with E-state index in [9.17, 15) is 4.79 Å². The molecule has 1 saturated heterocycles. The van der Waals surface area contributed by atoms with Gasteiger partial charge in [0, 0.05) is 41.8 Å². The van der Waals surface area contributed by atoms with Gasteiger partial charge in [0.2, 0.25) is 5.91 Å². The number of hydrogen-bond acceptors (Lipinski definition) is 2. The number of piperazine rings is 1. The fourth-order valence-corrected chi connectivity index (χ4v) is 2.70. The predicted octanol–water partition coefficient (Wildman–Crippen LogP) is 3.14. The number of nitrogens with zero attached hydrogens (tertiary/aromatic N) is 2. The molecule has 2 rings (SSSR count). The third-order valence-electron chi connectivity index (χ3n) is 3.38. The minimum Gasteiger partial charge on any atom is -0.368 e. The number of carbonyl (C=O) groups is 1. The standard InChI is InChI=1S/C15H21BrN2O/c1-15(2,3)14(19)18-9-7-17(8-10-18)13-6-4-5-12(16)11-13/h4-6,11H,7-10H2,1-3H3. The Balaban J connectivity index is 1.98. The zero-order valence-electron chi connectivity index (χ0n) is 11.8. The van der Waals surface area contributed by atoms with E-state index in [2.05, 4.69) is 33.0 Å². The molecule has 1 aromatic carbocycles. The topological polar surface area (TPSA) is 23.6 Å². The number of rotatable bonds is 1. The largest absolute Gasteiger partial charge is 0.368 e. The Morgan fingerprint density at radius 1 is 1.16 bits per heavy atom. The summed E-state index contributed by atoms with van der Waals surface area (Å²) in [6, 6.07) is 8.32. The summed E-state index contributed by atoms with van der Waals surface area (Å²) in [6.45, 7) is 9.36. The molecule has 1 aliphatic heterocycles. The van der Waals surface area contributed by atoms with E-state index >= 15 is 0 Å². The average molecular weight is 325 g/mol. The van der Waals surface area contributed by atoms with Gasteiger partial charge in [0.25, 0.3) is 0 Å². The highest BCUT2D eigenvalue weighted by molar-refractivity contribution is 9.10. The van der Waals surface area contributed by atoms with Crippen LogP contribution in [-0.2, 0) is 4.79 Å². The molecule has 0 atom stereocenters. The van der Waals surface area contributed by atoms with Crippen LogP contribution in [0.15, 0.2) is 28.7 Å². The van der Waals surface area contributed by atoms with E-state index in [1.54, 1.807) is 0 Å². The number of halogens is 1. The molecule has 0 N–H and O–H groups in total. The van der Waals surface area contributed by atoms with E-state index in [1.807, 2.05) is 37.8 Å². The number of carbonyl (C=O) groups excluding carboxylic acids is 1. The van der Waals surface area contributed by atoms with Crippen LogP contribution in [0.3, 0.4) is 0 Å². The van der Waals surface area contributed by atoms with Gasteiger partial charge in [-0.05, 0) is 18.2 Å². The van der Waals surface area contributed by atoms with Crippen molar-refractivity contribution in [3.8, 4) is 0 Å². The molecule has 0 aliphatic carbocycles. The summed E-state index contributed by atoms with van der Waals surface area (Å²) < 4.78 is 1.10. The highest BCUT2D eigenvalue weighted by atomic mass is 79.9. The van der Waals surface area contributed by atoms with E-state index in [-0.39, 0.29) is 11.3 Å². The summed E-state index contributed by atoms with van der Waals surface area (Å²) in [7, 11) is 0. The van der Waals surface area contributed by atoms with Gasteiger partial charge in [-0.3, -0.25) is 4.79 Å². The highest BCUT2D eigenvalue weighted by Gasteiger charge is 2.29. The zero-order valence-corrected chi connectivity index (χ0v) is 13.4. The molecule has 1 aliphatic rings. The average Bonchev–Trinajstić information content (AvgIpc) is 2.37. The van der Waals surface area contributed by atoms with Crippen molar-refractivity contribution in [3.63, 3.8) is 0 Å². The smallest absolute Gasteiger partial charge is 0.228 e. The number of hydrogen-bond donors (Lipinski definition) is 0. The quantitative estimate of drug-likeness (QED) is 0.792. The Kier molecular flexibility index (Phi) is 4.19. The van der Waals surface area contributed by atoms with Gasteiger partial charge < -0.3 is 9.80 Å². The first-order valence-corrected chi connectivity index (χ1v) is 7.47. The monoisotopic (exact) mass is 324 g/mol. The third kappa shape index (κ3) is 3.50. The van der Waals surface area contributed by atoms with Crippen molar-refractivity contribution < 1.29 is 4.79 Å². The highest BCUT2D eigenvalue weighted by Crippen LogP contribution is 2.23. The molecular weight excluding hydrogens is 304 g/mol. The molecule has 0 bridgehead atoms. The zero-order chi connectivity index (χ0) is 14.0. The van der Waals surface area contributed by atoms with Crippen LogP contribution in [0.5, 0.6) is 0 Å².